The smallest absolute Gasteiger partial charge is 0.284 e. The van der Waals surface area contributed by atoms with E-state index in [0.717, 1.165) is 16.7 Å². The zero-order valence-electron chi connectivity index (χ0n) is 18.4. The van der Waals surface area contributed by atoms with Crippen molar-refractivity contribution in [1.29, 1.82) is 0 Å². The fourth-order valence-corrected chi connectivity index (χ4v) is 6.12. The molecule has 0 radical (unpaired) electrons. The first kappa shape index (κ1) is 25.1. The number of fused-ring (bicyclic) bond motifs is 1. The van der Waals surface area contributed by atoms with E-state index < -0.39 is 5.91 Å². The Hall–Kier alpha value is -2.55. The molecule has 1 aliphatic heterocycles. The predicted molar refractivity (Wildman–Crippen MR) is 149 cm³/mol. The summed E-state index contributed by atoms with van der Waals surface area (Å²) in [5.74, 6) is -0.323. The van der Waals surface area contributed by atoms with Gasteiger partial charge in [0, 0.05) is 37.7 Å². The van der Waals surface area contributed by atoms with Gasteiger partial charge < -0.3 is 4.98 Å². The number of amides is 1. The molecule has 0 spiro atoms. The Balaban J connectivity index is 1.52. The Bertz CT molecular complexity index is 1540. The molecule has 1 atom stereocenters. The molecule has 180 valence electrons. The molecular formula is C26H16Cl3N3O2S2. The lowest BCUT2D eigenvalue weighted by Gasteiger charge is -2.27. The molecular weight excluding hydrogens is 557 g/mol. The summed E-state index contributed by atoms with van der Waals surface area (Å²) < 4.78 is 0. The van der Waals surface area contributed by atoms with Crippen LogP contribution in [0.5, 0.6) is 0 Å². The van der Waals surface area contributed by atoms with Crippen LogP contribution in [0.15, 0.2) is 103 Å². The van der Waals surface area contributed by atoms with Crippen LogP contribution >= 0.6 is 58.3 Å². The average Bonchev–Trinajstić information content (AvgIpc) is 2.85. The number of rotatable bonds is 6. The number of benzene rings is 2. The minimum absolute atomic E-state index is 0.294. The maximum Gasteiger partial charge on any atom is 0.284 e. The van der Waals surface area contributed by atoms with Gasteiger partial charge in [-0.1, -0.05) is 59.1 Å². The zero-order valence-corrected chi connectivity index (χ0v) is 22.3. The van der Waals surface area contributed by atoms with Crippen LogP contribution in [0.4, 0.5) is 0 Å². The second kappa shape index (κ2) is 10.8. The third-order valence-electron chi connectivity index (χ3n) is 5.37. The Morgan fingerprint density at radius 2 is 1.75 bits per heavy atom. The molecule has 1 N–H and O–H groups in total. The minimum Gasteiger partial charge on any atom is -0.301 e. The fourth-order valence-electron chi connectivity index (χ4n) is 3.79. The first-order valence-electron chi connectivity index (χ1n) is 10.7. The van der Waals surface area contributed by atoms with Crippen molar-refractivity contribution in [3.8, 4) is 0 Å². The molecule has 1 aromatic heterocycles. The first-order valence-corrected chi connectivity index (χ1v) is 13.6. The monoisotopic (exact) mass is 571 g/mol. The van der Waals surface area contributed by atoms with Crippen LogP contribution in [0.1, 0.15) is 11.3 Å². The Morgan fingerprint density at radius 1 is 0.972 bits per heavy atom. The van der Waals surface area contributed by atoms with E-state index in [4.69, 9.17) is 34.8 Å². The fraction of sp³-hybridized carbons (Fsp3) is 0.0769. The van der Waals surface area contributed by atoms with Crippen molar-refractivity contribution in [2.75, 3.05) is 0 Å². The van der Waals surface area contributed by atoms with Crippen molar-refractivity contribution >= 4 is 75.5 Å². The lowest BCUT2D eigenvalue weighted by molar-refractivity contribution is -0.113. The third kappa shape index (κ3) is 5.56. The van der Waals surface area contributed by atoms with E-state index in [1.54, 1.807) is 18.2 Å². The number of aliphatic imine (C=N–C) groups is 1. The summed E-state index contributed by atoms with van der Waals surface area (Å²) in [7, 11) is 0. The second-order valence-electron chi connectivity index (χ2n) is 7.81. The van der Waals surface area contributed by atoms with Crippen molar-refractivity contribution in [1.82, 2.24) is 9.97 Å². The van der Waals surface area contributed by atoms with E-state index in [2.05, 4.69) is 15.0 Å². The number of dihydropyridines is 1. The number of nitrogens with zero attached hydrogens (tertiary/aromatic N) is 2. The Labute approximate surface area is 230 Å². The van der Waals surface area contributed by atoms with E-state index >= 15 is 0 Å². The van der Waals surface area contributed by atoms with Gasteiger partial charge in [0.2, 0.25) is 0 Å². The van der Waals surface area contributed by atoms with E-state index in [-0.39, 0.29) is 11.5 Å². The number of hydrogen-bond acceptors (Lipinski definition) is 5. The van der Waals surface area contributed by atoms with Gasteiger partial charge in [-0.15, -0.1) is 11.8 Å². The number of carbonyl (C=O) groups excluding carboxylic acids is 1. The highest BCUT2D eigenvalue weighted by Crippen LogP contribution is 2.44. The molecule has 0 saturated heterocycles. The molecule has 0 saturated carbocycles. The number of halogens is 3. The van der Waals surface area contributed by atoms with Crippen molar-refractivity contribution in [2.45, 2.75) is 15.8 Å². The van der Waals surface area contributed by atoms with Crippen molar-refractivity contribution in [3.05, 3.63) is 114 Å². The molecule has 36 heavy (non-hydrogen) atoms. The van der Waals surface area contributed by atoms with E-state index in [1.165, 1.54) is 17.8 Å². The highest BCUT2D eigenvalue weighted by atomic mass is 35.5. The maximum absolute atomic E-state index is 13.2. The number of aromatic amines is 1. The number of hydrogen-bond donors (Lipinski definition) is 1. The highest BCUT2D eigenvalue weighted by Gasteiger charge is 2.33. The number of carbonyl (C=O) groups is 1. The van der Waals surface area contributed by atoms with Gasteiger partial charge in [0.25, 0.3) is 11.5 Å². The van der Waals surface area contributed by atoms with Gasteiger partial charge in [0.15, 0.2) is 5.16 Å². The summed E-state index contributed by atoms with van der Waals surface area (Å²) in [5, 5.41) is 1.98. The molecule has 1 amide bonds. The molecule has 10 heteroatoms. The summed E-state index contributed by atoms with van der Waals surface area (Å²) in [6, 6.07) is 16.2. The number of allylic oxidation sites excluding steroid dienone is 5. The zero-order chi connectivity index (χ0) is 25.2. The lowest BCUT2D eigenvalue weighted by Crippen LogP contribution is -2.24. The summed E-state index contributed by atoms with van der Waals surface area (Å²) in [6.45, 7) is 0. The topological polar surface area (TPSA) is 75.2 Å². The van der Waals surface area contributed by atoms with Crippen LogP contribution in [0.2, 0.25) is 10.0 Å². The second-order valence-corrected chi connectivity index (χ2v) is 11.1. The SMILES string of the molecule is O=C1N=C2C=CC(Cl)=CC2C(c2ccccc2Cl)=C1Sc1nc(CSc2ccc(Cl)cc2)cc(=O)[nH]1. The Morgan fingerprint density at radius 3 is 2.53 bits per heavy atom. The lowest BCUT2D eigenvalue weighted by atomic mass is 9.84. The van der Waals surface area contributed by atoms with Crippen molar-refractivity contribution in [2.24, 2.45) is 10.9 Å². The summed E-state index contributed by atoms with van der Waals surface area (Å²) in [4.78, 5) is 38.6. The molecule has 2 aliphatic rings. The van der Waals surface area contributed by atoms with Gasteiger partial charge in [-0.25, -0.2) is 9.98 Å². The summed E-state index contributed by atoms with van der Waals surface area (Å²) in [5.41, 5.74) is 2.22. The molecule has 2 heterocycles. The predicted octanol–water partition coefficient (Wildman–Crippen LogP) is 7.16. The van der Waals surface area contributed by atoms with Gasteiger partial charge in [0.05, 0.1) is 16.3 Å². The highest BCUT2D eigenvalue weighted by molar-refractivity contribution is 8.04. The van der Waals surface area contributed by atoms with Crippen LogP contribution in [-0.4, -0.2) is 21.6 Å². The van der Waals surface area contributed by atoms with Gasteiger partial charge in [-0.05, 0) is 65.4 Å². The van der Waals surface area contributed by atoms with E-state index in [9.17, 15) is 9.59 Å². The number of aromatic nitrogens is 2. The van der Waals surface area contributed by atoms with E-state index in [1.807, 2.05) is 48.5 Å². The van der Waals surface area contributed by atoms with Crippen molar-refractivity contribution in [3.63, 3.8) is 0 Å². The van der Waals surface area contributed by atoms with Gasteiger partial charge in [0.1, 0.15) is 0 Å². The number of H-pyrrole nitrogens is 1. The molecule has 3 aromatic rings. The van der Waals surface area contributed by atoms with Crippen LogP contribution in [0, 0.1) is 5.92 Å². The van der Waals surface area contributed by atoms with Crippen molar-refractivity contribution < 1.29 is 4.79 Å². The maximum atomic E-state index is 13.2. The number of nitrogens with one attached hydrogen (secondary N) is 1. The number of thioether (sulfide) groups is 2. The van der Waals surface area contributed by atoms with Crippen LogP contribution in [0.3, 0.4) is 0 Å². The molecule has 5 rings (SSSR count). The summed E-state index contributed by atoms with van der Waals surface area (Å²) >= 11 is 21.4. The third-order valence-corrected chi connectivity index (χ3v) is 8.24. The standard InChI is InChI=1S/C26H16Cl3N3O2S2/c27-14-5-8-17(9-6-14)35-13-16-12-22(33)32-26(30-16)36-24-23(18-3-1-2-4-20(18)29)19-11-15(28)7-10-21(19)31-25(24)34/h1-12,19H,13H2,(H,30,32,33). The quantitative estimate of drug-likeness (QED) is 0.250. The van der Waals surface area contributed by atoms with Crippen LogP contribution in [-0.2, 0) is 10.5 Å². The van der Waals surface area contributed by atoms with Gasteiger partial charge in [-0.2, -0.15) is 0 Å². The minimum atomic E-state index is -0.430. The molecule has 2 aromatic carbocycles. The van der Waals surface area contributed by atoms with Gasteiger partial charge in [-0.3, -0.25) is 9.59 Å². The van der Waals surface area contributed by atoms with Crippen LogP contribution < -0.4 is 5.56 Å². The molecule has 5 nitrogen and oxygen atoms in total. The average molecular weight is 573 g/mol. The van der Waals surface area contributed by atoms with Crippen LogP contribution in [0.25, 0.3) is 5.57 Å². The molecule has 1 aliphatic carbocycles. The Kier molecular flexibility index (Phi) is 7.55. The first-order chi connectivity index (χ1) is 17.4. The normalized spacial score (nSPS) is 17.1. The molecule has 0 bridgehead atoms. The summed E-state index contributed by atoms with van der Waals surface area (Å²) in [6.07, 6.45) is 5.27. The van der Waals surface area contributed by atoms with Gasteiger partial charge >= 0.3 is 0 Å². The largest absolute Gasteiger partial charge is 0.301 e. The molecule has 1 unspecified atom stereocenters. The molecule has 0 fully saturated rings. The van der Waals surface area contributed by atoms with E-state index in [0.29, 0.717) is 53.4 Å².